The normalized spacial score (nSPS) is 14.4. The third-order valence-corrected chi connectivity index (χ3v) is 12.3. The highest BCUT2D eigenvalue weighted by atomic mass is 31.2. The first-order valence-electron chi connectivity index (χ1n) is 25.4. The van der Waals surface area contributed by atoms with Gasteiger partial charge in [-0.05, 0) is 57.8 Å². The van der Waals surface area contributed by atoms with Crippen molar-refractivity contribution < 1.29 is 32.9 Å². The molecule has 1 amide bonds. The van der Waals surface area contributed by atoms with E-state index in [1.54, 1.807) is 6.08 Å². The van der Waals surface area contributed by atoms with Crippen molar-refractivity contribution >= 4 is 13.7 Å². The monoisotopic (exact) mass is 867 g/mol. The largest absolute Gasteiger partial charge is 0.756 e. The highest BCUT2D eigenvalue weighted by molar-refractivity contribution is 7.45. The van der Waals surface area contributed by atoms with Gasteiger partial charge >= 0.3 is 0 Å². The number of quaternary nitrogens is 1. The van der Waals surface area contributed by atoms with E-state index < -0.39 is 26.6 Å². The first-order valence-corrected chi connectivity index (χ1v) is 26.8. The lowest BCUT2D eigenvalue weighted by Crippen LogP contribution is -2.45. The number of nitrogens with zero attached hydrogens (tertiary/aromatic N) is 1. The van der Waals surface area contributed by atoms with Gasteiger partial charge in [-0.2, -0.15) is 0 Å². The fraction of sp³-hybridized carbons (Fsp3) is 0.863. The van der Waals surface area contributed by atoms with E-state index in [4.69, 9.17) is 9.05 Å². The molecule has 0 saturated carbocycles. The molecule has 0 aromatic heterocycles. The summed E-state index contributed by atoms with van der Waals surface area (Å²) in [7, 11) is 1.25. The summed E-state index contributed by atoms with van der Waals surface area (Å²) < 4.78 is 23.1. The van der Waals surface area contributed by atoms with Gasteiger partial charge < -0.3 is 28.8 Å². The molecular weight excluding hydrogens is 768 g/mol. The number of likely N-dealkylation sites (N-methyl/N-ethyl adjacent to an activating group) is 1. The molecule has 0 spiro atoms. The molecule has 0 saturated heterocycles. The lowest BCUT2D eigenvalue weighted by atomic mass is 10.0. The van der Waals surface area contributed by atoms with Gasteiger partial charge in [-0.3, -0.25) is 9.36 Å². The molecule has 0 aliphatic carbocycles. The van der Waals surface area contributed by atoms with Gasteiger partial charge in [0.15, 0.2) is 0 Å². The molecule has 3 atom stereocenters. The molecule has 3 unspecified atom stereocenters. The summed E-state index contributed by atoms with van der Waals surface area (Å²) in [5, 5.41) is 13.7. The fourth-order valence-corrected chi connectivity index (χ4v) is 8.00. The van der Waals surface area contributed by atoms with E-state index in [2.05, 4.69) is 43.5 Å². The molecule has 0 aliphatic heterocycles. The highest BCUT2D eigenvalue weighted by Gasteiger charge is 2.23. The molecule has 0 radical (unpaired) electrons. The second-order valence-corrected chi connectivity index (χ2v) is 19.9. The Hall–Kier alpha value is -1.28. The zero-order valence-corrected chi connectivity index (χ0v) is 41.1. The van der Waals surface area contributed by atoms with E-state index in [0.29, 0.717) is 17.4 Å². The number of aliphatic hydroxyl groups is 1. The van der Waals surface area contributed by atoms with E-state index in [1.165, 1.54) is 173 Å². The predicted octanol–water partition coefficient (Wildman–Crippen LogP) is 14.0. The Balaban J connectivity index is 4.01. The van der Waals surface area contributed by atoms with Crippen LogP contribution in [0.2, 0.25) is 0 Å². The van der Waals surface area contributed by atoms with Crippen molar-refractivity contribution in [3.05, 3.63) is 36.5 Å². The average molecular weight is 867 g/mol. The van der Waals surface area contributed by atoms with Crippen molar-refractivity contribution in [1.29, 1.82) is 0 Å². The molecule has 2 N–H and O–H groups in total. The zero-order valence-electron chi connectivity index (χ0n) is 40.2. The van der Waals surface area contributed by atoms with Crippen LogP contribution in [0.3, 0.4) is 0 Å². The number of phosphoric ester groups is 1. The first-order chi connectivity index (χ1) is 29.0. The molecule has 0 aromatic rings. The molecule has 0 aromatic carbocycles. The van der Waals surface area contributed by atoms with Crippen molar-refractivity contribution in [1.82, 2.24) is 5.32 Å². The lowest BCUT2D eigenvalue weighted by molar-refractivity contribution is -0.870. The molecule has 9 heteroatoms. The minimum atomic E-state index is -4.59. The van der Waals surface area contributed by atoms with Crippen LogP contribution in [0.25, 0.3) is 0 Å². The summed E-state index contributed by atoms with van der Waals surface area (Å²) in [6, 6.07) is -0.899. The van der Waals surface area contributed by atoms with E-state index in [0.717, 1.165) is 38.5 Å². The van der Waals surface area contributed by atoms with E-state index >= 15 is 0 Å². The second kappa shape index (κ2) is 43.0. The van der Waals surface area contributed by atoms with Gasteiger partial charge in [0.25, 0.3) is 7.82 Å². The van der Waals surface area contributed by atoms with Crippen LogP contribution in [0.5, 0.6) is 0 Å². The summed E-state index contributed by atoms with van der Waals surface area (Å²) in [4.78, 5) is 25.3. The van der Waals surface area contributed by atoms with Gasteiger partial charge in [-0.25, -0.2) is 0 Å². The predicted molar refractivity (Wildman–Crippen MR) is 256 cm³/mol. The SMILES string of the molecule is CCCCC/C=C/CC/C=C/C(O)C(COP(=O)([O-])OCC[N+](C)(C)C)NC(=O)CCCCCCCCCCCCCCCCCCC/C=C\CCCCCCCCCC. The number of aliphatic hydroxyl groups excluding tert-OH is 1. The van der Waals surface area contributed by atoms with Crippen LogP contribution in [-0.4, -0.2) is 68.5 Å². The summed E-state index contributed by atoms with van der Waals surface area (Å²) in [6.45, 7) is 4.58. The van der Waals surface area contributed by atoms with Crippen LogP contribution in [0.1, 0.15) is 232 Å². The van der Waals surface area contributed by atoms with Crippen LogP contribution in [0.4, 0.5) is 0 Å². The van der Waals surface area contributed by atoms with Crippen LogP contribution < -0.4 is 10.2 Å². The Bertz CT molecular complexity index is 1070. The van der Waals surface area contributed by atoms with Crippen LogP contribution in [0.15, 0.2) is 36.5 Å². The minimum Gasteiger partial charge on any atom is -0.756 e. The number of unbranched alkanes of at least 4 members (excludes halogenated alkanes) is 29. The molecule has 354 valence electrons. The number of carbonyl (C=O) groups excluding carboxylic acids is 1. The maximum Gasteiger partial charge on any atom is 0.268 e. The molecule has 0 heterocycles. The molecule has 0 rings (SSSR count). The van der Waals surface area contributed by atoms with Crippen LogP contribution >= 0.6 is 7.82 Å². The number of amides is 1. The van der Waals surface area contributed by atoms with Crippen molar-refractivity contribution in [2.24, 2.45) is 0 Å². The molecule has 0 aliphatic rings. The van der Waals surface area contributed by atoms with Gasteiger partial charge in [0.2, 0.25) is 5.91 Å². The number of allylic oxidation sites excluding steroid dienone is 5. The molecule has 60 heavy (non-hydrogen) atoms. The van der Waals surface area contributed by atoms with E-state index in [1.807, 2.05) is 27.2 Å². The summed E-state index contributed by atoms with van der Waals surface area (Å²) in [6.07, 6.45) is 53.8. The first kappa shape index (κ1) is 58.7. The Morgan fingerprint density at radius 1 is 0.567 bits per heavy atom. The number of phosphoric acid groups is 1. The average Bonchev–Trinajstić information content (AvgIpc) is 3.20. The van der Waals surface area contributed by atoms with Gasteiger partial charge in [-0.15, -0.1) is 0 Å². The Morgan fingerprint density at radius 2 is 0.933 bits per heavy atom. The molecular formula is C51H99N2O6P. The summed E-state index contributed by atoms with van der Waals surface area (Å²) in [5.41, 5.74) is 0. The Kier molecular flexibility index (Phi) is 42.1. The maximum absolute atomic E-state index is 12.8. The molecule has 8 nitrogen and oxygen atoms in total. The maximum atomic E-state index is 12.8. The summed E-state index contributed by atoms with van der Waals surface area (Å²) >= 11 is 0. The van der Waals surface area contributed by atoms with Crippen molar-refractivity contribution in [2.75, 3.05) is 40.9 Å². The minimum absolute atomic E-state index is 0.00580. The number of hydrogen-bond donors (Lipinski definition) is 2. The fourth-order valence-electron chi connectivity index (χ4n) is 7.28. The lowest BCUT2D eigenvalue weighted by Gasteiger charge is -2.29. The topological polar surface area (TPSA) is 108 Å². The van der Waals surface area contributed by atoms with Crippen molar-refractivity contribution in [3.63, 3.8) is 0 Å². The van der Waals surface area contributed by atoms with Gasteiger partial charge in [0, 0.05) is 6.42 Å². The van der Waals surface area contributed by atoms with Gasteiger partial charge in [-0.1, -0.05) is 204 Å². The zero-order chi connectivity index (χ0) is 44.3. The second-order valence-electron chi connectivity index (χ2n) is 18.5. The van der Waals surface area contributed by atoms with Crippen LogP contribution in [0, 0.1) is 0 Å². The summed E-state index contributed by atoms with van der Waals surface area (Å²) in [5.74, 6) is -0.208. The Morgan fingerprint density at radius 3 is 1.38 bits per heavy atom. The Labute approximate surface area is 372 Å². The smallest absolute Gasteiger partial charge is 0.268 e. The standard InChI is InChI=1S/C51H99N2O6P/c1-6-8-10-12-14-16-17-18-19-20-21-22-23-24-25-26-27-28-29-30-31-32-33-34-35-37-39-41-43-45-51(55)52-49(48-59-60(56,57)58-47-46-53(3,4)5)50(54)44-42-40-38-36-15-13-11-9-7-2/h15,20-21,36,42,44,49-50,54H,6-14,16-19,22-35,37-41,43,45-48H2,1-5H3,(H-,52,55,56,57)/b21-20-,36-15+,44-42+. The van der Waals surface area contributed by atoms with E-state index in [9.17, 15) is 19.4 Å². The molecule has 0 fully saturated rings. The number of nitrogens with one attached hydrogen (secondary N) is 1. The number of hydrogen-bond acceptors (Lipinski definition) is 6. The molecule has 0 bridgehead atoms. The van der Waals surface area contributed by atoms with Gasteiger partial charge in [0.05, 0.1) is 39.9 Å². The highest BCUT2D eigenvalue weighted by Crippen LogP contribution is 2.38. The number of carbonyl (C=O) groups is 1. The van der Waals surface area contributed by atoms with Gasteiger partial charge in [0.1, 0.15) is 13.2 Å². The van der Waals surface area contributed by atoms with Crippen LogP contribution in [-0.2, 0) is 18.4 Å². The van der Waals surface area contributed by atoms with Crippen molar-refractivity contribution in [2.45, 2.75) is 244 Å². The van der Waals surface area contributed by atoms with Crippen molar-refractivity contribution in [3.8, 4) is 0 Å². The van der Waals surface area contributed by atoms with E-state index in [-0.39, 0.29) is 12.5 Å². The number of rotatable bonds is 46. The quantitative estimate of drug-likeness (QED) is 0.0273. The third-order valence-electron chi connectivity index (χ3n) is 11.3. The third kappa shape index (κ3) is 44.8.